The Bertz CT molecular complexity index is 854. The van der Waals surface area contributed by atoms with Gasteiger partial charge in [-0.1, -0.05) is 65.9 Å². The molecule has 4 rings (SSSR count). The second-order valence-corrected chi connectivity index (χ2v) is 6.91. The Morgan fingerprint density at radius 1 is 1.07 bits per heavy atom. The van der Waals surface area contributed by atoms with E-state index >= 15 is 0 Å². The molecule has 138 valence electrons. The Hall–Kier alpha value is -2.99. The molecule has 0 unspecified atom stereocenters. The number of aromatic nitrogens is 3. The van der Waals surface area contributed by atoms with Crippen LogP contribution < -0.4 is 5.32 Å². The molecule has 0 saturated carbocycles. The number of piperazine rings is 1. The van der Waals surface area contributed by atoms with Crippen LogP contribution in [0.2, 0.25) is 0 Å². The SMILES string of the molecule is C[C@H]1CN(C(=O)c2cn(C(c3ccccc3)c3ccccc3)nn2)CCN1. The molecule has 2 heterocycles. The quantitative estimate of drug-likeness (QED) is 0.775. The van der Waals surface area contributed by atoms with Crippen molar-refractivity contribution in [2.75, 3.05) is 19.6 Å². The van der Waals surface area contributed by atoms with Gasteiger partial charge in [-0.2, -0.15) is 0 Å². The Balaban J connectivity index is 1.65. The number of nitrogens with one attached hydrogen (secondary N) is 1. The molecule has 1 atom stereocenters. The van der Waals surface area contributed by atoms with E-state index in [1.54, 1.807) is 10.9 Å². The van der Waals surface area contributed by atoms with Gasteiger partial charge in [-0.05, 0) is 18.1 Å². The lowest BCUT2D eigenvalue weighted by molar-refractivity contribution is 0.0703. The average molecular weight is 361 g/mol. The summed E-state index contributed by atoms with van der Waals surface area (Å²) in [6.07, 6.45) is 1.76. The number of hydrogen-bond donors (Lipinski definition) is 1. The van der Waals surface area contributed by atoms with E-state index in [0.717, 1.165) is 17.7 Å². The molecule has 1 saturated heterocycles. The summed E-state index contributed by atoms with van der Waals surface area (Å²) < 4.78 is 1.78. The van der Waals surface area contributed by atoms with Crippen LogP contribution in [0, 0.1) is 0 Å². The fourth-order valence-corrected chi connectivity index (χ4v) is 3.55. The zero-order valence-corrected chi connectivity index (χ0v) is 15.3. The summed E-state index contributed by atoms with van der Waals surface area (Å²) in [6.45, 7) is 4.26. The standard InChI is InChI=1S/C21H23N5O/c1-16-14-25(13-12-22-16)21(27)19-15-26(24-23-19)20(17-8-4-2-5-9-17)18-10-6-3-7-11-18/h2-11,15-16,20,22H,12-14H2,1H3/t16-/m0/s1. The van der Waals surface area contributed by atoms with Crippen LogP contribution in [0.15, 0.2) is 66.9 Å². The highest BCUT2D eigenvalue weighted by Gasteiger charge is 2.25. The van der Waals surface area contributed by atoms with Gasteiger partial charge in [-0.15, -0.1) is 5.10 Å². The second-order valence-electron chi connectivity index (χ2n) is 6.91. The van der Waals surface area contributed by atoms with E-state index in [9.17, 15) is 4.79 Å². The molecule has 1 fully saturated rings. The third-order valence-corrected chi connectivity index (χ3v) is 4.88. The Morgan fingerprint density at radius 3 is 2.30 bits per heavy atom. The van der Waals surface area contributed by atoms with Crippen molar-refractivity contribution in [3.63, 3.8) is 0 Å². The van der Waals surface area contributed by atoms with Crippen LogP contribution in [0.3, 0.4) is 0 Å². The number of carbonyl (C=O) groups excluding carboxylic acids is 1. The van der Waals surface area contributed by atoms with Crippen molar-refractivity contribution in [3.8, 4) is 0 Å². The van der Waals surface area contributed by atoms with Crippen molar-refractivity contribution in [2.45, 2.75) is 19.0 Å². The molecular weight excluding hydrogens is 338 g/mol. The van der Waals surface area contributed by atoms with Gasteiger partial charge in [-0.3, -0.25) is 4.79 Å². The first-order chi connectivity index (χ1) is 13.2. The Labute approximate surface area is 158 Å². The molecule has 1 amide bonds. The molecule has 3 aromatic rings. The summed E-state index contributed by atoms with van der Waals surface area (Å²) in [7, 11) is 0. The lowest BCUT2D eigenvalue weighted by Gasteiger charge is -2.31. The summed E-state index contributed by atoms with van der Waals surface area (Å²) in [5, 5.41) is 11.8. The minimum atomic E-state index is -0.122. The van der Waals surface area contributed by atoms with E-state index < -0.39 is 0 Å². The number of amides is 1. The van der Waals surface area contributed by atoms with Crippen LogP contribution in [0.25, 0.3) is 0 Å². The van der Waals surface area contributed by atoms with Crippen molar-refractivity contribution >= 4 is 5.91 Å². The van der Waals surface area contributed by atoms with Crippen LogP contribution in [0.5, 0.6) is 0 Å². The lowest BCUT2D eigenvalue weighted by Crippen LogP contribution is -2.51. The van der Waals surface area contributed by atoms with Crippen LogP contribution in [0.4, 0.5) is 0 Å². The highest BCUT2D eigenvalue weighted by molar-refractivity contribution is 5.92. The zero-order valence-electron chi connectivity index (χ0n) is 15.3. The smallest absolute Gasteiger partial charge is 0.276 e. The van der Waals surface area contributed by atoms with Gasteiger partial charge in [-0.25, -0.2) is 4.68 Å². The Kier molecular flexibility index (Phi) is 4.98. The molecule has 6 heteroatoms. The highest BCUT2D eigenvalue weighted by Crippen LogP contribution is 2.26. The van der Waals surface area contributed by atoms with Crippen LogP contribution in [0.1, 0.15) is 34.6 Å². The van der Waals surface area contributed by atoms with Gasteiger partial charge in [0.15, 0.2) is 5.69 Å². The molecule has 0 aliphatic carbocycles. The number of nitrogens with zero attached hydrogens (tertiary/aromatic N) is 4. The molecule has 0 bridgehead atoms. The largest absolute Gasteiger partial charge is 0.334 e. The maximum atomic E-state index is 12.8. The zero-order chi connectivity index (χ0) is 18.6. The van der Waals surface area contributed by atoms with E-state index in [2.05, 4.69) is 46.8 Å². The highest BCUT2D eigenvalue weighted by atomic mass is 16.2. The average Bonchev–Trinajstić information content (AvgIpc) is 3.19. The van der Waals surface area contributed by atoms with Gasteiger partial charge < -0.3 is 10.2 Å². The molecule has 1 aliphatic rings. The monoisotopic (exact) mass is 361 g/mol. The third kappa shape index (κ3) is 3.75. The minimum Gasteiger partial charge on any atom is -0.334 e. The van der Waals surface area contributed by atoms with Crippen molar-refractivity contribution in [1.29, 1.82) is 0 Å². The lowest BCUT2D eigenvalue weighted by atomic mass is 9.99. The van der Waals surface area contributed by atoms with Gasteiger partial charge >= 0.3 is 0 Å². The number of carbonyl (C=O) groups is 1. The van der Waals surface area contributed by atoms with Gasteiger partial charge in [0.1, 0.15) is 6.04 Å². The molecule has 1 aliphatic heterocycles. The van der Waals surface area contributed by atoms with Crippen molar-refractivity contribution < 1.29 is 4.79 Å². The predicted molar refractivity (Wildman–Crippen MR) is 104 cm³/mol. The first-order valence-electron chi connectivity index (χ1n) is 9.27. The fraction of sp³-hybridized carbons (Fsp3) is 0.286. The topological polar surface area (TPSA) is 63.1 Å². The van der Waals surface area contributed by atoms with E-state index in [1.807, 2.05) is 41.3 Å². The minimum absolute atomic E-state index is 0.0607. The van der Waals surface area contributed by atoms with E-state index in [-0.39, 0.29) is 11.9 Å². The van der Waals surface area contributed by atoms with Crippen LogP contribution >= 0.6 is 0 Å². The maximum absolute atomic E-state index is 12.8. The summed E-state index contributed by atoms with van der Waals surface area (Å²) in [4.78, 5) is 14.7. The van der Waals surface area contributed by atoms with Crippen LogP contribution in [-0.2, 0) is 0 Å². The van der Waals surface area contributed by atoms with Gasteiger partial charge in [0, 0.05) is 25.7 Å². The summed E-state index contributed by atoms with van der Waals surface area (Å²) >= 11 is 0. The van der Waals surface area contributed by atoms with E-state index in [1.165, 1.54) is 0 Å². The summed E-state index contributed by atoms with van der Waals surface area (Å²) in [5.74, 6) is -0.0607. The second kappa shape index (κ2) is 7.72. The third-order valence-electron chi connectivity index (χ3n) is 4.88. The molecule has 1 aromatic heterocycles. The van der Waals surface area contributed by atoms with Gasteiger partial charge in [0.2, 0.25) is 0 Å². The van der Waals surface area contributed by atoms with Crippen molar-refractivity contribution in [3.05, 3.63) is 83.7 Å². The van der Waals surface area contributed by atoms with Crippen molar-refractivity contribution in [2.24, 2.45) is 0 Å². The van der Waals surface area contributed by atoms with Crippen LogP contribution in [-0.4, -0.2) is 51.5 Å². The van der Waals surface area contributed by atoms with E-state index in [4.69, 9.17) is 0 Å². The molecular formula is C21H23N5O. The van der Waals surface area contributed by atoms with Gasteiger partial charge in [0.05, 0.1) is 6.20 Å². The maximum Gasteiger partial charge on any atom is 0.276 e. The molecule has 0 spiro atoms. The predicted octanol–water partition coefficient (Wildman–Crippen LogP) is 2.35. The molecule has 6 nitrogen and oxygen atoms in total. The summed E-state index contributed by atoms with van der Waals surface area (Å²) in [5.41, 5.74) is 2.59. The van der Waals surface area contributed by atoms with Gasteiger partial charge in [0.25, 0.3) is 5.91 Å². The summed E-state index contributed by atoms with van der Waals surface area (Å²) in [6, 6.07) is 20.5. The first-order valence-corrected chi connectivity index (χ1v) is 9.27. The molecule has 1 N–H and O–H groups in total. The molecule has 0 radical (unpaired) electrons. The normalized spacial score (nSPS) is 17.3. The molecule has 27 heavy (non-hydrogen) atoms. The first kappa shape index (κ1) is 17.4. The molecule has 2 aromatic carbocycles. The fourth-order valence-electron chi connectivity index (χ4n) is 3.55. The van der Waals surface area contributed by atoms with Crippen molar-refractivity contribution in [1.82, 2.24) is 25.2 Å². The number of rotatable bonds is 4. The Morgan fingerprint density at radius 2 is 1.70 bits per heavy atom. The number of benzene rings is 2. The number of hydrogen-bond acceptors (Lipinski definition) is 4. The van der Waals surface area contributed by atoms with E-state index in [0.29, 0.717) is 24.8 Å².